The number of nitrogens with one attached hydrogen (secondary N) is 1. The molecule has 4 fully saturated rings. The molecule has 0 unspecified atom stereocenters. The summed E-state index contributed by atoms with van der Waals surface area (Å²) in [5.74, 6) is 3.13. The fourth-order valence-corrected chi connectivity index (χ4v) is 6.75. The van der Waals surface area contributed by atoms with Gasteiger partial charge in [0, 0.05) is 11.0 Å². The van der Waals surface area contributed by atoms with E-state index >= 15 is 0 Å². The van der Waals surface area contributed by atoms with Crippen molar-refractivity contribution in [3.05, 3.63) is 34.8 Å². The molecule has 1 aromatic carbocycles. The fraction of sp³-hybridized carbons (Fsp3) is 0.550. The number of methoxy groups -OCH3 is 1. The Labute approximate surface area is 157 Å². The zero-order chi connectivity index (χ0) is 17.7. The number of nitrogens with zero attached hydrogens (tertiary/aromatic N) is 2. The van der Waals surface area contributed by atoms with Crippen molar-refractivity contribution in [3.8, 4) is 5.75 Å². The molecule has 0 spiro atoms. The molecule has 4 bridgehead atoms. The summed E-state index contributed by atoms with van der Waals surface area (Å²) < 4.78 is 5.19. The number of hydrogen-bond donors (Lipinski definition) is 1. The number of rotatable bonds is 4. The first kappa shape index (κ1) is 16.2. The van der Waals surface area contributed by atoms with Crippen LogP contribution in [0.2, 0.25) is 0 Å². The maximum Gasteiger partial charge on any atom is 0.257 e. The Morgan fingerprint density at radius 3 is 2.50 bits per heavy atom. The SMILES string of the molecule is COc1cccc(C(=O)Nc2nnc(C34CC5CC(CC(C5)C3)C4)s2)c1. The van der Waals surface area contributed by atoms with Crippen LogP contribution in [-0.2, 0) is 5.41 Å². The molecular formula is C20H23N3O2S. The van der Waals surface area contributed by atoms with E-state index in [1.807, 2.05) is 12.1 Å². The van der Waals surface area contributed by atoms with E-state index in [1.165, 1.54) is 38.5 Å². The molecule has 0 aliphatic heterocycles. The lowest BCUT2D eigenvalue weighted by Gasteiger charge is -2.55. The summed E-state index contributed by atoms with van der Waals surface area (Å²) >= 11 is 1.57. The minimum Gasteiger partial charge on any atom is -0.497 e. The van der Waals surface area contributed by atoms with Crippen LogP contribution in [0.15, 0.2) is 24.3 Å². The van der Waals surface area contributed by atoms with E-state index in [0.29, 0.717) is 16.4 Å². The Morgan fingerprint density at radius 1 is 1.15 bits per heavy atom. The molecule has 0 atom stereocenters. The van der Waals surface area contributed by atoms with Crippen LogP contribution in [0, 0.1) is 17.8 Å². The summed E-state index contributed by atoms with van der Waals surface area (Å²) in [6.45, 7) is 0. The van der Waals surface area contributed by atoms with Gasteiger partial charge in [-0.3, -0.25) is 10.1 Å². The highest BCUT2D eigenvalue weighted by molar-refractivity contribution is 7.15. The zero-order valence-corrected chi connectivity index (χ0v) is 15.7. The minimum atomic E-state index is -0.169. The number of carbonyl (C=O) groups is 1. The molecule has 0 saturated heterocycles. The molecule has 26 heavy (non-hydrogen) atoms. The van der Waals surface area contributed by atoms with E-state index in [4.69, 9.17) is 4.74 Å². The second kappa shape index (κ2) is 6.05. The molecule has 1 aromatic heterocycles. The van der Waals surface area contributed by atoms with Gasteiger partial charge in [-0.2, -0.15) is 0 Å². The van der Waals surface area contributed by atoms with Crippen LogP contribution in [0.3, 0.4) is 0 Å². The quantitative estimate of drug-likeness (QED) is 0.874. The number of ether oxygens (including phenoxy) is 1. The number of carbonyl (C=O) groups excluding carboxylic acids is 1. The van der Waals surface area contributed by atoms with Gasteiger partial charge in [0.1, 0.15) is 10.8 Å². The molecule has 136 valence electrons. The summed E-state index contributed by atoms with van der Waals surface area (Å²) in [6, 6.07) is 7.15. The van der Waals surface area contributed by atoms with Crippen LogP contribution in [0.25, 0.3) is 0 Å². The highest BCUT2D eigenvalue weighted by Gasteiger charge is 2.53. The molecule has 1 amide bonds. The molecule has 4 aliphatic rings. The highest BCUT2D eigenvalue weighted by atomic mass is 32.1. The Kier molecular flexibility index (Phi) is 3.78. The largest absolute Gasteiger partial charge is 0.497 e. The van der Waals surface area contributed by atoms with Crippen molar-refractivity contribution in [1.29, 1.82) is 0 Å². The van der Waals surface area contributed by atoms with E-state index < -0.39 is 0 Å². The second-order valence-corrected chi connectivity index (χ2v) is 9.27. The van der Waals surface area contributed by atoms with E-state index in [0.717, 1.165) is 22.8 Å². The van der Waals surface area contributed by atoms with Crippen LogP contribution >= 0.6 is 11.3 Å². The lowest BCUT2D eigenvalue weighted by molar-refractivity contribution is -0.00555. The number of hydrogen-bond acceptors (Lipinski definition) is 5. The molecular weight excluding hydrogens is 346 g/mol. The van der Waals surface area contributed by atoms with Crippen molar-refractivity contribution in [2.24, 2.45) is 17.8 Å². The Balaban J connectivity index is 1.35. The lowest BCUT2D eigenvalue weighted by Crippen LogP contribution is -2.48. The van der Waals surface area contributed by atoms with Gasteiger partial charge in [-0.05, 0) is 74.5 Å². The number of anilines is 1. The normalized spacial score (nSPS) is 31.8. The molecule has 1 N–H and O–H groups in total. The molecule has 0 radical (unpaired) electrons. The van der Waals surface area contributed by atoms with E-state index in [9.17, 15) is 4.79 Å². The smallest absolute Gasteiger partial charge is 0.257 e. The predicted molar refractivity (Wildman–Crippen MR) is 101 cm³/mol. The molecule has 1 heterocycles. The zero-order valence-electron chi connectivity index (χ0n) is 14.9. The van der Waals surface area contributed by atoms with Gasteiger partial charge in [0.25, 0.3) is 5.91 Å². The average Bonchev–Trinajstić information content (AvgIpc) is 3.10. The standard InChI is InChI=1S/C20H23N3O2S/c1-25-16-4-2-3-15(8-16)17(24)21-19-23-22-18(26-19)20-9-12-5-13(10-20)7-14(6-12)11-20/h2-4,8,12-14H,5-7,9-11H2,1H3,(H,21,23,24). The lowest BCUT2D eigenvalue weighted by atomic mass is 9.50. The number of amides is 1. The topological polar surface area (TPSA) is 64.1 Å². The van der Waals surface area contributed by atoms with Gasteiger partial charge in [-0.15, -0.1) is 10.2 Å². The third-order valence-corrected chi connectivity index (χ3v) is 7.55. The molecule has 5 nitrogen and oxygen atoms in total. The van der Waals surface area contributed by atoms with Gasteiger partial charge in [-0.1, -0.05) is 17.4 Å². The maximum atomic E-state index is 12.5. The summed E-state index contributed by atoms with van der Waals surface area (Å²) in [6.07, 6.45) is 8.03. The summed E-state index contributed by atoms with van der Waals surface area (Å²) in [7, 11) is 1.60. The van der Waals surface area contributed by atoms with Gasteiger partial charge in [0.2, 0.25) is 5.13 Å². The average molecular weight is 369 g/mol. The van der Waals surface area contributed by atoms with Crippen LogP contribution < -0.4 is 10.1 Å². The summed E-state index contributed by atoms with van der Waals surface area (Å²) in [5, 5.41) is 13.5. The number of aromatic nitrogens is 2. The van der Waals surface area contributed by atoms with Crippen molar-refractivity contribution in [3.63, 3.8) is 0 Å². The van der Waals surface area contributed by atoms with Gasteiger partial charge >= 0.3 is 0 Å². The first-order chi connectivity index (χ1) is 12.6. The van der Waals surface area contributed by atoms with Crippen molar-refractivity contribution in [2.45, 2.75) is 43.9 Å². The van der Waals surface area contributed by atoms with Gasteiger partial charge in [0.15, 0.2) is 0 Å². The monoisotopic (exact) mass is 369 g/mol. The van der Waals surface area contributed by atoms with Crippen molar-refractivity contribution in [2.75, 3.05) is 12.4 Å². The molecule has 6 heteroatoms. The Morgan fingerprint density at radius 2 is 1.85 bits per heavy atom. The van der Waals surface area contributed by atoms with Crippen LogP contribution in [0.5, 0.6) is 5.75 Å². The summed E-state index contributed by atoms with van der Waals surface area (Å²) in [4.78, 5) is 12.5. The van der Waals surface area contributed by atoms with Crippen LogP contribution in [0.1, 0.15) is 53.9 Å². The summed E-state index contributed by atoms with van der Waals surface area (Å²) in [5.41, 5.74) is 0.793. The van der Waals surface area contributed by atoms with Crippen molar-refractivity contribution >= 4 is 22.4 Å². The van der Waals surface area contributed by atoms with E-state index in [2.05, 4.69) is 15.5 Å². The first-order valence-electron chi connectivity index (χ1n) is 9.43. The van der Waals surface area contributed by atoms with Gasteiger partial charge in [-0.25, -0.2) is 0 Å². The second-order valence-electron chi connectivity index (χ2n) is 8.30. The highest BCUT2D eigenvalue weighted by Crippen LogP contribution is 2.61. The van der Waals surface area contributed by atoms with Gasteiger partial charge < -0.3 is 4.74 Å². The maximum absolute atomic E-state index is 12.5. The molecule has 6 rings (SSSR count). The number of benzene rings is 1. The molecule has 2 aromatic rings. The minimum absolute atomic E-state index is 0.169. The van der Waals surface area contributed by atoms with Crippen LogP contribution in [0.4, 0.5) is 5.13 Å². The Hall–Kier alpha value is -1.95. The third-order valence-electron chi connectivity index (χ3n) is 6.47. The van der Waals surface area contributed by atoms with Crippen molar-refractivity contribution in [1.82, 2.24) is 10.2 Å². The van der Waals surface area contributed by atoms with E-state index in [-0.39, 0.29) is 11.3 Å². The molecule has 4 aliphatic carbocycles. The Bertz CT molecular complexity index is 812. The van der Waals surface area contributed by atoms with Crippen molar-refractivity contribution < 1.29 is 9.53 Å². The fourth-order valence-electron chi connectivity index (χ4n) is 5.79. The third kappa shape index (κ3) is 2.71. The first-order valence-corrected chi connectivity index (χ1v) is 10.2. The molecule has 4 saturated carbocycles. The predicted octanol–water partition coefficient (Wildman–Crippen LogP) is 4.27. The van der Waals surface area contributed by atoms with Crippen LogP contribution in [-0.4, -0.2) is 23.2 Å². The van der Waals surface area contributed by atoms with E-state index in [1.54, 1.807) is 30.6 Å². The van der Waals surface area contributed by atoms with Gasteiger partial charge in [0.05, 0.1) is 7.11 Å².